The van der Waals surface area contributed by atoms with E-state index in [1.165, 1.54) is 38.9 Å². The number of nitrogens with one attached hydrogen (secondary N) is 1. The number of rotatable bonds is 5. The van der Waals surface area contributed by atoms with Gasteiger partial charge in [-0.05, 0) is 47.4 Å². The average molecular weight is 479 g/mol. The van der Waals surface area contributed by atoms with Crippen molar-refractivity contribution >= 4 is 29.7 Å². The Morgan fingerprint density at radius 1 is 1.06 bits per heavy atom. The maximum atomic E-state index is 13.2. The molecule has 1 heterocycles. The quantitative estimate of drug-likeness (QED) is 0.681. The molecule has 1 aliphatic heterocycles. The van der Waals surface area contributed by atoms with Crippen molar-refractivity contribution in [2.24, 2.45) is 11.3 Å². The number of carbonyl (C=O) groups excluding carboxylic acids is 2. The second-order valence-corrected chi connectivity index (χ2v) is 10.8. The molecule has 0 radical (unpaired) electrons. The molecule has 2 aromatic carbocycles. The second kappa shape index (κ2) is 8.05. The highest BCUT2D eigenvalue weighted by molar-refractivity contribution is 7.99. The van der Waals surface area contributed by atoms with E-state index in [1.54, 1.807) is 0 Å². The number of fused-ring (bicyclic) bond motifs is 4. The van der Waals surface area contributed by atoms with Crippen LogP contribution < -0.4 is 5.32 Å². The molecule has 7 nitrogen and oxygen atoms in total. The number of benzene rings is 2. The number of carboxylic acids is 1. The van der Waals surface area contributed by atoms with Crippen molar-refractivity contribution in [3.8, 4) is 11.1 Å². The van der Waals surface area contributed by atoms with E-state index in [9.17, 15) is 19.5 Å². The molecule has 3 aliphatic carbocycles. The van der Waals surface area contributed by atoms with E-state index in [2.05, 4.69) is 29.6 Å². The van der Waals surface area contributed by atoms with Gasteiger partial charge in [0, 0.05) is 17.7 Å². The summed E-state index contributed by atoms with van der Waals surface area (Å²) in [4.78, 5) is 38.9. The molecule has 4 atom stereocenters. The van der Waals surface area contributed by atoms with Crippen LogP contribution in [0.25, 0.3) is 11.1 Å². The zero-order valence-electron chi connectivity index (χ0n) is 18.6. The molecule has 1 unspecified atom stereocenters. The molecule has 2 N–H and O–H groups in total. The van der Waals surface area contributed by atoms with Gasteiger partial charge >= 0.3 is 12.1 Å². The highest BCUT2D eigenvalue weighted by atomic mass is 32.2. The molecule has 0 aromatic heterocycles. The minimum absolute atomic E-state index is 0.00340. The van der Waals surface area contributed by atoms with E-state index in [4.69, 9.17) is 4.74 Å². The molecule has 2 amide bonds. The number of amides is 2. The maximum Gasteiger partial charge on any atom is 0.407 e. The number of hydrogen-bond acceptors (Lipinski definition) is 5. The number of nitrogens with zero attached hydrogens (tertiary/aromatic N) is 1. The van der Waals surface area contributed by atoms with Crippen LogP contribution in [0.4, 0.5) is 4.79 Å². The predicted molar refractivity (Wildman–Crippen MR) is 127 cm³/mol. The summed E-state index contributed by atoms with van der Waals surface area (Å²) in [6, 6.07) is 15.6. The van der Waals surface area contributed by atoms with E-state index >= 15 is 0 Å². The van der Waals surface area contributed by atoms with Crippen molar-refractivity contribution in [2.75, 3.05) is 18.2 Å². The Bertz CT molecular complexity index is 1140. The van der Waals surface area contributed by atoms with E-state index in [1.807, 2.05) is 24.3 Å². The molecule has 4 aliphatic rings. The SMILES string of the molecule is O=C(N[C@H]1C[C@@H]2C[C@]2(C(=O)N2CSCC2C(=O)O)C1)OCC1c2ccccc2-c2ccccc21. The number of hydrogen-bond donors (Lipinski definition) is 2. The lowest BCUT2D eigenvalue weighted by molar-refractivity contribution is -0.150. The first-order valence-electron chi connectivity index (χ1n) is 11.7. The fourth-order valence-electron chi connectivity index (χ4n) is 6.21. The number of thioether (sulfide) groups is 1. The number of carboxylic acid groups (broad SMARTS) is 1. The lowest BCUT2D eigenvalue weighted by Crippen LogP contribution is -2.46. The average Bonchev–Trinajstić information content (AvgIpc) is 3.18. The third kappa shape index (κ3) is 3.38. The minimum atomic E-state index is -0.946. The van der Waals surface area contributed by atoms with E-state index in [-0.39, 0.29) is 30.4 Å². The maximum absolute atomic E-state index is 13.2. The van der Waals surface area contributed by atoms with Gasteiger partial charge in [0.2, 0.25) is 5.91 Å². The van der Waals surface area contributed by atoms with Crippen LogP contribution in [0, 0.1) is 11.3 Å². The van der Waals surface area contributed by atoms with Gasteiger partial charge in [0.25, 0.3) is 0 Å². The summed E-state index contributed by atoms with van der Waals surface area (Å²) in [5, 5.41) is 12.4. The fourth-order valence-corrected chi connectivity index (χ4v) is 7.35. The predicted octanol–water partition coefficient (Wildman–Crippen LogP) is 3.68. The van der Waals surface area contributed by atoms with Gasteiger partial charge in [-0.3, -0.25) is 4.79 Å². The molecule has 1 saturated heterocycles. The standard InChI is InChI=1S/C26H26N2O5S/c29-23(30)22-13-34-14-28(22)24(31)26-10-15(26)9-16(11-26)27-25(32)33-12-21-19-7-3-1-5-17(19)18-6-2-4-8-20(18)21/h1-8,15-16,21-22H,9-14H2,(H,27,32)(H,29,30)/t15-,16+,22?,26+/m1/s1. The fraction of sp³-hybridized carbons (Fsp3) is 0.423. The van der Waals surface area contributed by atoms with Gasteiger partial charge < -0.3 is 20.1 Å². The minimum Gasteiger partial charge on any atom is -0.480 e. The summed E-state index contributed by atoms with van der Waals surface area (Å²) in [6.45, 7) is 0.255. The molecule has 6 rings (SSSR count). The van der Waals surface area contributed by atoms with Crippen LogP contribution in [0.15, 0.2) is 48.5 Å². The van der Waals surface area contributed by atoms with Gasteiger partial charge in [-0.25, -0.2) is 9.59 Å². The largest absolute Gasteiger partial charge is 0.480 e. The highest BCUT2D eigenvalue weighted by Crippen LogP contribution is 2.64. The van der Waals surface area contributed by atoms with Crippen molar-refractivity contribution in [2.45, 2.75) is 37.3 Å². The lowest BCUT2D eigenvalue weighted by atomic mass is 9.98. The summed E-state index contributed by atoms with van der Waals surface area (Å²) >= 11 is 1.48. The second-order valence-electron chi connectivity index (χ2n) is 9.79. The Labute approximate surface area is 201 Å². The molecule has 3 fully saturated rings. The summed E-state index contributed by atoms with van der Waals surface area (Å²) < 4.78 is 5.67. The third-order valence-electron chi connectivity index (χ3n) is 7.93. The van der Waals surface area contributed by atoms with Crippen molar-refractivity contribution in [3.63, 3.8) is 0 Å². The molecule has 2 saturated carbocycles. The van der Waals surface area contributed by atoms with Crippen molar-refractivity contribution in [3.05, 3.63) is 59.7 Å². The molecule has 8 heteroatoms. The highest BCUT2D eigenvalue weighted by Gasteiger charge is 2.67. The van der Waals surface area contributed by atoms with Crippen molar-refractivity contribution in [1.82, 2.24) is 10.2 Å². The van der Waals surface area contributed by atoms with Gasteiger partial charge in [0.05, 0.1) is 11.3 Å². The van der Waals surface area contributed by atoms with Crippen molar-refractivity contribution < 1.29 is 24.2 Å². The first-order valence-corrected chi connectivity index (χ1v) is 12.9. The topological polar surface area (TPSA) is 95.9 Å². The molecule has 2 aromatic rings. The van der Waals surface area contributed by atoms with Crippen LogP contribution >= 0.6 is 11.8 Å². The Morgan fingerprint density at radius 2 is 1.74 bits per heavy atom. The zero-order valence-corrected chi connectivity index (χ0v) is 19.4. The Kier molecular flexibility index (Phi) is 5.09. The van der Waals surface area contributed by atoms with Crippen LogP contribution in [0.3, 0.4) is 0 Å². The molecule has 34 heavy (non-hydrogen) atoms. The smallest absolute Gasteiger partial charge is 0.407 e. The van der Waals surface area contributed by atoms with E-state index in [0.717, 1.165) is 12.8 Å². The molecule has 0 spiro atoms. The van der Waals surface area contributed by atoms with Crippen LogP contribution in [-0.2, 0) is 14.3 Å². The summed E-state index contributed by atoms with van der Waals surface area (Å²) in [5.74, 6) is 0.0606. The molecular weight excluding hydrogens is 452 g/mol. The van der Waals surface area contributed by atoms with Gasteiger partial charge in [0.1, 0.15) is 12.6 Å². The Hall–Kier alpha value is -3.00. The van der Waals surface area contributed by atoms with E-state index in [0.29, 0.717) is 18.1 Å². The number of alkyl carbamates (subject to hydrolysis) is 1. The number of carbonyl (C=O) groups is 3. The van der Waals surface area contributed by atoms with Gasteiger partial charge in [-0.15, -0.1) is 11.8 Å². The van der Waals surface area contributed by atoms with Crippen LogP contribution in [0.2, 0.25) is 0 Å². The molecule has 0 bridgehead atoms. The monoisotopic (exact) mass is 478 g/mol. The van der Waals surface area contributed by atoms with Crippen LogP contribution in [0.1, 0.15) is 36.3 Å². The van der Waals surface area contributed by atoms with Gasteiger partial charge in [0.15, 0.2) is 0 Å². The Morgan fingerprint density at radius 3 is 2.41 bits per heavy atom. The molecule has 176 valence electrons. The van der Waals surface area contributed by atoms with E-state index < -0.39 is 23.5 Å². The van der Waals surface area contributed by atoms with Gasteiger partial charge in [-0.1, -0.05) is 48.5 Å². The summed E-state index contributed by atoms with van der Waals surface area (Å²) in [7, 11) is 0. The Balaban J connectivity index is 1.07. The third-order valence-corrected chi connectivity index (χ3v) is 8.94. The van der Waals surface area contributed by atoms with Gasteiger partial charge in [-0.2, -0.15) is 0 Å². The lowest BCUT2D eigenvalue weighted by Gasteiger charge is -2.26. The van der Waals surface area contributed by atoms with Crippen molar-refractivity contribution in [1.29, 1.82) is 0 Å². The normalized spacial score (nSPS) is 28.7. The zero-order chi connectivity index (χ0) is 23.4. The first-order chi connectivity index (χ1) is 16.5. The summed E-state index contributed by atoms with van der Waals surface area (Å²) in [5.41, 5.74) is 4.19. The molecular formula is C26H26N2O5S. The number of aliphatic carboxylic acids is 1. The number of ether oxygens (including phenoxy) is 1. The summed E-state index contributed by atoms with van der Waals surface area (Å²) in [6.07, 6.45) is 1.60. The van der Waals surface area contributed by atoms with Crippen LogP contribution in [-0.4, -0.2) is 58.3 Å². The van der Waals surface area contributed by atoms with Crippen LogP contribution in [0.5, 0.6) is 0 Å². The first kappa shape index (κ1) is 21.5.